The molecule has 0 aliphatic rings. The number of aliphatic imine (C=N–C) groups is 3. The summed E-state index contributed by atoms with van der Waals surface area (Å²) in [7, 11) is 0. The predicted molar refractivity (Wildman–Crippen MR) is 211 cm³/mol. The summed E-state index contributed by atoms with van der Waals surface area (Å²) in [5, 5.41) is 9.05. The molecule has 0 aliphatic heterocycles. The van der Waals surface area contributed by atoms with E-state index in [2.05, 4.69) is 151 Å². The Kier molecular flexibility index (Phi) is 7.33. The van der Waals surface area contributed by atoms with Gasteiger partial charge in [0.1, 0.15) is 11.2 Å². The van der Waals surface area contributed by atoms with Crippen molar-refractivity contribution in [3.63, 3.8) is 0 Å². The summed E-state index contributed by atoms with van der Waals surface area (Å²) in [6, 6.07) is 56.9. The van der Waals surface area contributed by atoms with Gasteiger partial charge in [0, 0.05) is 21.9 Å². The molecule has 0 unspecified atom stereocenters. The van der Waals surface area contributed by atoms with Gasteiger partial charge >= 0.3 is 0 Å². The zero-order valence-corrected chi connectivity index (χ0v) is 27.3. The van der Waals surface area contributed by atoms with E-state index in [0.29, 0.717) is 18.2 Å². The Balaban J connectivity index is 1.16. The summed E-state index contributed by atoms with van der Waals surface area (Å²) in [5.41, 5.74) is 6.67. The zero-order valence-electron chi connectivity index (χ0n) is 27.3. The van der Waals surface area contributed by atoms with Gasteiger partial charge in [0.2, 0.25) is 0 Å². The van der Waals surface area contributed by atoms with E-state index in [-0.39, 0.29) is 0 Å². The molecule has 1 aromatic heterocycles. The van der Waals surface area contributed by atoms with Crippen molar-refractivity contribution < 1.29 is 4.42 Å². The summed E-state index contributed by atoms with van der Waals surface area (Å²) in [5.74, 6) is 1.08. The molecular formula is C46H31N3O. The molecule has 0 radical (unpaired) electrons. The topological polar surface area (TPSA) is 50.2 Å². The number of hydrogen-bond acceptors (Lipinski definition) is 2. The lowest BCUT2D eigenvalue weighted by Gasteiger charge is -2.09. The van der Waals surface area contributed by atoms with Gasteiger partial charge in [0.05, 0.1) is 6.54 Å². The molecule has 0 N–H and O–H groups in total. The third-order valence-electron chi connectivity index (χ3n) is 9.42. The fourth-order valence-electron chi connectivity index (χ4n) is 6.86. The summed E-state index contributed by atoms with van der Waals surface area (Å²) < 4.78 is 6.47. The van der Waals surface area contributed by atoms with Crippen molar-refractivity contribution in [1.29, 1.82) is 0 Å². The van der Waals surface area contributed by atoms with Gasteiger partial charge in [-0.2, -0.15) is 0 Å². The normalized spacial score (nSPS) is 12.4. The average Bonchev–Trinajstić information content (AvgIpc) is 3.56. The lowest BCUT2D eigenvalue weighted by atomic mass is 9.99. The first-order valence-corrected chi connectivity index (χ1v) is 16.7. The molecule has 0 atom stereocenters. The van der Waals surface area contributed by atoms with Crippen LogP contribution >= 0.6 is 0 Å². The third-order valence-corrected chi connectivity index (χ3v) is 9.42. The molecule has 0 bridgehead atoms. The molecule has 0 saturated heterocycles. The minimum absolute atomic E-state index is 0.470. The Morgan fingerprint density at radius 3 is 1.86 bits per heavy atom. The second-order valence-corrected chi connectivity index (χ2v) is 12.5. The van der Waals surface area contributed by atoms with E-state index in [1.807, 2.05) is 24.3 Å². The molecule has 4 nitrogen and oxygen atoms in total. The second-order valence-electron chi connectivity index (χ2n) is 12.5. The van der Waals surface area contributed by atoms with Crippen molar-refractivity contribution in [2.75, 3.05) is 0 Å². The molecule has 236 valence electrons. The average molecular weight is 642 g/mol. The Bertz CT molecular complexity index is 2820. The molecule has 0 saturated carbocycles. The first-order valence-electron chi connectivity index (χ1n) is 16.7. The van der Waals surface area contributed by atoms with Gasteiger partial charge in [-0.1, -0.05) is 127 Å². The Morgan fingerprint density at radius 2 is 1.12 bits per heavy atom. The minimum Gasteiger partial charge on any atom is -0.456 e. The first-order chi connectivity index (χ1) is 24.7. The van der Waals surface area contributed by atoms with Crippen LogP contribution in [0.3, 0.4) is 0 Å². The molecule has 0 fully saturated rings. The van der Waals surface area contributed by atoms with Crippen molar-refractivity contribution in [3.05, 3.63) is 180 Å². The Labute approximate surface area is 289 Å². The monoisotopic (exact) mass is 641 g/mol. The predicted octanol–water partition coefficient (Wildman–Crippen LogP) is 11.8. The maximum atomic E-state index is 6.47. The van der Waals surface area contributed by atoms with Crippen LogP contribution in [0.1, 0.15) is 16.7 Å². The van der Waals surface area contributed by atoms with E-state index in [4.69, 9.17) is 14.4 Å². The van der Waals surface area contributed by atoms with Crippen LogP contribution in [0.2, 0.25) is 0 Å². The van der Waals surface area contributed by atoms with Gasteiger partial charge < -0.3 is 4.42 Å². The highest BCUT2D eigenvalue weighted by molar-refractivity contribution is 6.22. The smallest absolute Gasteiger partial charge is 0.161 e. The maximum absolute atomic E-state index is 6.47. The number of fused-ring (bicyclic) bond motifs is 6. The van der Waals surface area contributed by atoms with Crippen LogP contribution in [-0.4, -0.2) is 18.4 Å². The lowest BCUT2D eigenvalue weighted by molar-refractivity contribution is 0.669. The van der Waals surface area contributed by atoms with Crippen molar-refractivity contribution in [1.82, 2.24) is 0 Å². The molecule has 1 heterocycles. The third kappa shape index (κ3) is 5.43. The van der Waals surface area contributed by atoms with Crippen molar-refractivity contribution in [2.24, 2.45) is 15.0 Å². The van der Waals surface area contributed by atoms with Gasteiger partial charge in [-0.15, -0.1) is 0 Å². The summed E-state index contributed by atoms with van der Waals surface area (Å²) in [4.78, 5) is 14.7. The quantitative estimate of drug-likeness (QED) is 0.136. The van der Waals surface area contributed by atoms with E-state index >= 15 is 0 Å². The van der Waals surface area contributed by atoms with Crippen LogP contribution in [0.15, 0.2) is 183 Å². The number of hydrogen-bond donors (Lipinski definition) is 0. The van der Waals surface area contributed by atoms with E-state index in [9.17, 15) is 0 Å². The number of rotatable bonds is 5. The Morgan fingerprint density at radius 1 is 0.500 bits per heavy atom. The van der Waals surface area contributed by atoms with Crippen molar-refractivity contribution in [3.8, 4) is 11.1 Å². The fourth-order valence-corrected chi connectivity index (χ4v) is 6.86. The summed E-state index contributed by atoms with van der Waals surface area (Å²) in [6.45, 7) is 4.44. The van der Waals surface area contributed by atoms with Crippen molar-refractivity contribution >= 4 is 72.6 Å². The van der Waals surface area contributed by atoms with E-state index in [0.717, 1.165) is 60.5 Å². The number of nitrogens with zero attached hydrogens (tertiary/aromatic N) is 3. The van der Waals surface area contributed by atoms with Gasteiger partial charge in [0.25, 0.3) is 0 Å². The SMILES string of the molecule is C=N/C(=N\C(=N/Cc1ccc2ccccc2c1)c1ccc2ccccc2c1)c1cccc2oc3cc(-c4ccc5ccccc5c4)ccc3c12. The van der Waals surface area contributed by atoms with Crippen LogP contribution in [0, 0.1) is 0 Å². The van der Waals surface area contributed by atoms with Crippen molar-refractivity contribution in [2.45, 2.75) is 6.54 Å². The van der Waals surface area contributed by atoms with Crippen LogP contribution in [0.25, 0.3) is 65.4 Å². The zero-order chi connectivity index (χ0) is 33.4. The molecule has 0 amide bonds. The van der Waals surface area contributed by atoms with Gasteiger partial charge in [-0.25, -0.2) is 9.98 Å². The standard InChI is InChI=1S/C46H31N3O/c1-47-46(41-15-8-16-42-44(41)40-24-23-38(28-43(40)50-42)37-21-19-32-10-3-6-13-35(32)26-37)49-45(39-22-20-33-11-4-7-14-36(33)27-39)48-29-30-17-18-31-9-2-5-12-34(31)25-30/h2-28H,1,29H2/b48-45-,49-46-. The molecule has 8 aromatic carbocycles. The van der Waals surface area contributed by atoms with E-state index < -0.39 is 0 Å². The lowest BCUT2D eigenvalue weighted by Crippen LogP contribution is -2.06. The highest BCUT2D eigenvalue weighted by Crippen LogP contribution is 2.35. The molecular weight excluding hydrogens is 611 g/mol. The molecule has 50 heavy (non-hydrogen) atoms. The van der Waals surface area contributed by atoms with Gasteiger partial charge in [-0.3, -0.25) is 4.99 Å². The van der Waals surface area contributed by atoms with Gasteiger partial charge in [0.15, 0.2) is 11.7 Å². The molecule has 0 aliphatic carbocycles. The van der Waals surface area contributed by atoms with Crippen LogP contribution < -0.4 is 0 Å². The van der Waals surface area contributed by atoms with Crippen LogP contribution in [0.4, 0.5) is 0 Å². The highest BCUT2D eigenvalue weighted by atomic mass is 16.3. The Hall–Kier alpha value is -6.65. The largest absolute Gasteiger partial charge is 0.456 e. The molecule has 9 aromatic rings. The first kappa shape index (κ1) is 29.5. The van der Waals surface area contributed by atoms with Crippen LogP contribution in [0.5, 0.6) is 0 Å². The second kappa shape index (κ2) is 12.4. The molecule has 4 heteroatoms. The minimum atomic E-state index is 0.470. The maximum Gasteiger partial charge on any atom is 0.161 e. The van der Waals surface area contributed by atoms with E-state index in [1.165, 1.54) is 21.5 Å². The number of benzene rings is 8. The number of amidine groups is 2. The summed E-state index contributed by atoms with van der Waals surface area (Å²) >= 11 is 0. The van der Waals surface area contributed by atoms with E-state index in [1.54, 1.807) is 0 Å². The van der Waals surface area contributed by atoms with Crippen LogP contribution in [-0.2, 0) is 6.54 Å². The molecule has 9 rings (SSSR count). The fraction of sp³-hybridized carbons (Fsp3) is 0.0217. The number of furan rings is 1. The molecule has 0 spiro atoms. The van der Waals surface area contributed by atoms with Gasteiger partial charge in [-0.05, 0) is 92.1 Å². The highest BCUT2D eigenvalue weighted by Gasteiger charge is 2.17. The summed E-state index contributed by atoms with van der Waals surface area (Å²) in [6.07, 6.45) is 0.